The van der Waals surface area contributed by atoms with Gasteiger partial charge in [0.1, 0.15) is 0 Å². The van der Waals surface area contributed by atoms with Crippen LogP contribution in [0.3, 0.4) is 0 Å². The highest BCUT2D eigenvalue weighted by Crippen LogP contribution is 2.24. The van der Waals surface area contributed by atoms with Gasteiger partial charge in [0.2, 0.25) is 0 Å². The highest BCUT2D eigenvalue weighted by molar-refractivity contribution is 14.1. The monoisotopic (exact) mass is 338 g/mol. The minimum absolute atomic E-state index is 0.427. The van der Waals surface area contributed by atoms with Gasteiger partial charge in [-0.15, -0.1) is 0 Å². The number of aliphatic hydroxyl groups excluding tert-OH is 1. The summed E-state index contributed by atoms with van der Waals surface area (Å²) in [6, 6.07) is 16.2. The zero-order valence-electron chi connectivity index (χ0n) is 9.73. The molecule has 1 N–H and O–H groups in total. The Morgan fingerprint density at radius 3 is 2.41 bits per heavy atom. The molecular weight excluding hydrogens is 323 g/mol. The molecule has 2 heteroatoms. The average molecular weight is 338 g/mol. The molecule has 88 valence electrons. The van der Waals surface area contributed by atoms with E-state index in [1.807, 2.05) is 36.4 Å². The van der Waals surface area contributed by atoms with Crippen LogP contribution in [-0.4, -0.2) is 5.11 Å². The minimum Gasteiger partial charge on any atom is -0.388 e. The summed E-state index contributed by atoms with van der Waals surface area (Å²) in [6.07, 6.45) is 0.247. The molecule has 0 bridgehead atoms. The van der Waals surface area contributed by atoms with Gasteiger partial charge in [-0.1, -0.05) is 42.5 Å². The Labute approximate surface area is 116 Å². The number of hydrogen-bond acceptors (Lipinski definition) is 1. The van der Waals surface area contributed by atoms with Crippen LogP contribution in [0.5, 0.6) is 0 Å². The molecule has 0 heterocycles. The van der Waals surface area contributed by atoms with E-state index < -0.39 is 6.10 Å². The first-order chi connectivity index (χ1) is 8.18. The molecule has 1 nitrogen and oxygen atoms in total. The molecule has 0 aliphatic heterocycles. The first kappa shape index (κ1) is 12.6. The smallest absolute Gasteiger partial charge is 0.0840 e. The van der Waals surface area contributed by atoms with Crippen LogP contribution in [0.2, 0.25) is 0 Å². The zero-order valence-corrected chi connectivity index (χ0v) is 11.9. The first-order valence-electron chi connectivity index (χ1n) is 5.65. The summed E-state index contributed by atoms with van der Waals surface area (Å²) >= 11 is 2.27. The molecule has 2 rings (SSSR count). The van der Waals surface area contributed by atoms with Gasteiger partial charge in [0.05, 0.1) is 6.10 Å². The molecular formula is C15H15IO. The molecule has 1 atom stereocenters. The maximum absolute atomic E-state index is 10.3. The van der Waals surface area contributed by atoms with Gasteiger partial charge in [-0.2, -0.15) is 0 Å². The summed E-state index contributed by atoms with van der Waals surface area (Å²) in [4.78, 5) is 0. The fourth-order valence-corrected chi connectivity index (χ4v) is 2.65. The molecule has 2 aromatic rings. The Morgan fingerprint density at radius 2 is 1.71 bits per heavy atom. The number of aliphatic hydroxyl groups is 1. The van der Waals surface area contributed by atoms with Gasteiger partial charge in [0.15, 0.2) is 0 Å². The van der Waals surface area contributed by atoms with Gasteiger partial charge in [0, 0.05) is 9.99 Å². The Kier molecular flexibility index (Phi) is 4.18. The lowest BCUT2D eigenvalue weighted by molar-refractivity contribution is 0.177. The fourth-order valence-electron chi connectivity index (χ4n) is 1.90. The number of rotatable bonds is 3. The van der Waals surface area contributed by atoms with Crippen molar-refractivity contribution in [3.05, 3.63) is 68.8 Å². The van der Waals surface area contributed by atoms with Gasteiger partial charge in [-0.05, 0) is 52.3 Å². The van der Waals surface area contributed by atoms with Crippen LogP contribution in [0, 0.1) is 10.5 Å². The van der Waals surface area contributed by atoms with Crippen LogP contribution in [0.25, 0.3) is 0 Å². The van der Waals surface area contributed by atoms with Crippen LogP contribution in [0.15, 0.2) is 48.5 Å². The summed E-state index contributed by atoms with van der Waals surface area (Å²) in [5.41, 5.74) is 3.45. The zero-order chi connectivity index (χ0) is 12.3. The van der Waals surface area contributed by atoms with E-state index in [4.69, 9.17) is 0 Å². The van der Waals surface area contributed by atoms with Crippen molar-refractivity contribution in [1.29, 1.82) is 0 Å². The van der Waals surface area contributed by atoms with Crippen LogP contribution < -0.4 is 0 Å². The van der Waals surface area contributed by atoms with Crippen molar-refractivity contribution in [3.8, 4) is 0 Å². The lowest BCUT2D eigenvalue weighted by Gasteiger charge is -2.14. The maximum Gasteiger partial charge on any atom is 0.0840 e. The van der Waals surface area contributed by atoms with Gasteiger partial charge in [-0.3, -0.25) is 0 Å². The fraction of sp³-hybridized carbons (Fsp3) is 0.200. The predicted octanol–water partition coefficient (Wildman–Crippen LogP) is 3.88. The van der Waals surface area contributed by atoms with Crippen molar-refractivity contribution in [2.75, 3.05) is 0 Å². The molecule has 2 aromatic carbocycles. The second kappa shape index (κ2) is 5.65. The molecule has 0 aromatic heterocycles. The van der Waals surface area contributed by atoms with Crippen molar-refractivity contribution in [1.82, 2.24) is 0 Å². The Morgan fingerprint density at radius 1 is 1.06 bits per heavy atom. The molecule has 0 aliphatic carbocycles. The third-order valence-electron chi connectivity index (χ3n) is 2.94. The van der Waals surface area contributed by atoms with Crippen molar-refractivity contribution in [2.24, 2.45) is 0 Å². The van der Waals surface area contributed by atoms with E-state index in [0.717, 1.165) is 9.13 Å². The largest absolute Gasteiger partial charge is 0.388 e. The minimum atomic E-state index is -0.427. The third-order valence-corrected chi connectivity index (χ3v) is 3.92. The standard InChI is InChI=1S/C15H15IO/c1-11-6-2-3-7-12(11)10-15(17)13-8-4-5-9-14(13)16/h2-9,15,17H,10H2,1H3. The van der Waals surface area contributed by atoms with Crippen molar-refractivity contribution in [2.45, 2.75) is 19.4 Å². The first-order valence-corrected chi connectivity index (χ1v) is 6.73. The summed E-state index contributed by atoms with van der Waals surface area (Å²) in [6.45, 7) is 2.08. The normalized spacial score (nSPS) is 12.4. The SMILES string of the molecule is Cc1ccccc1CC(O)c1ccccc1I. The molecule has 0 fully saturated rings. The van der Waals surface area contributed by atoms with Gasteiger partial charge in [0.25, 0.3) is 0 Å². The van der Waals surface area contributed by atoms with E-state index in [9.17, 15) is 5.11 Å². The lowest BCUT2D eigenvalue weighted by atomic mass is 9.98. The molecule has 0 spiro atoms. The Bertz CT molecular complexity index is 508. The number of halogens is 1. The van der Waals surface area contributed by atoms with Crippen molar-refractivity contribution in [3.63, 3.8) is 0 Å². The molecule has 0 radical (unpaired) electrons. The molecule has 1 unspecified atom stereocenters. The Balaban J connectivity index is 2.20. The topological polar surface area (TPSA) is 20.2 Å². The van der Waals surface area contributed by atoms with Crippen molar-refractivity contribution >= 4 is 22.6 Å². The molecule has 17 heavy (non-hydrogen) atoms. The average Bonchev–Trinajstić information content (AvgIpc) is 2.32. The second-order valence-electron chi connectivity index (χ2n) is 4.17. The summed E-state index contributed by atoms with van der Waals surface area (Å²) in [7, 11) is 0. The summed E-state index contributed by atoms with van der Waals surface area (Å²) in [5.74, 6) is 0. The van der Waals surface area contributed by atoms with E-state index in [-0.39, 0.29) is 0 Å². The lowest BCUT2D eigenvalue weighted by Crippen LogP contribution is -2.04. The molecule has 0 amide bonds. The summed E-state index contributed by atoms with van der Waals surface area (Å²) < 4.78 is 1.12. The highest BCUT2D eigenvalue weighted by Gasteiger charge is 2.12. The molecule has 0 aliphatic rings. The predicted molar refractivity (Wildman–Crippen MR) is 79.0 cm³/mol. The molecule has 0 saturated carbocycles. The second-order valence-corrected chi connectivity index (χ2v) is 5.33. The third kappa shape index (κ3) is 3.07. The quantitative estimate of drug-likeness (QED) is 0.843. The van der Waals surface area contributed by atoms with E-state index >= 15 is 0 Å². The Hall–Kier alpha value is -0.870. The maximum atomic E-state index is 10.3. The van der Waals surface area contributed by atoms with Gasteiger partial charge in [-0.25, -0.2) is 0 Å². The van der Waals surface area contributed by atoms with Crippen molar-refractivity contribution < 1.29 is 5.11 Å². The van der Waals surface area contributed by atoms with Gasteiger partial charge >= 0.3 is 0 Å². The van der Waals surface area contributed by atoms with Crippen LogP contribution in [0.4, 0.5) is 0 Å². The van der Waals surface area contributed by atoms with E-state index in [1.165, 1.54) is 11.1 Å². The van der Waals surface area contributed by atoms with E-state index in [1.54, 1.807) is 0 Å². The van der Waals surface area contributed by atoms with E-state index in [0.29, 0.717) is 6.42 Å². The molecule has 0 saturated heterocycles. The number of aryl methyl sites for hydroxylation is 1. The highest BCUT2D eigenvalue weighted by atomic mass is 127. The van der Waals surface area contributed by atoms with Crippen LogP contribution in [-0.2, 0) is 6.42 Å². The van der Waals surface area contributed by atoms with Crippen LogP contribution >= 0.6 is 22.6 Å². The van der Waals surface area contributed by atoms with Gasteiger partial charge < -0.3 is 5.11 Å². The van der Waals surface area contributed by atoms with Crippen LogP contribution in [0.1, 0.15) is 22.8 Å². The summed E-state index contributed by atoms with van der Waals surface area (Å²) in [5, 5.41) is 10.3. The van der Waals surface area contributed by atoms with E-state index in [2.05, 4.69) is 41.6 Å². The number of benzene rings is 2. The number of hydrogen-bond donors (Lipinski definition) is 1.